The summed E-state index contributed by atoms with van der Waals surface area (Å²) >= 11 is 0. The molecule has 10 nitrogen and oxygen atoms in total. The largest absolute Gasteiger partial charge is 0.415 e. The Morgan fingerprint density at radius 1 is 0.897 bits per heavy atom. The highest BCUT2D eigenvalue weighted by molar-refractivity contribution is 6.03. The molecule has 0 atom stereocenters. The van der Waals surface area contributed by atoms with Gasteiger partial charge in [0.25, 0.3) is 5.91 Å². The Bertz CT molecular complexity index is 1250. The molecule has 5 rings (SSSR count). The number of benzene rings is 1. The van der Waals surface area contributed by atoms with Crippen LogP contribution in [0.2, 0.25) is 0 Å². The van der Waals surface area contributed by atoms with Gasteiger partial charge in [-0.1, -0.05) is 18.2 Å². The number of ether oxygens (including phenoxy) is 2. The second kappa shape index (κ2) is 12.8. The first kappa shape index (κ1) is 26.7. The molecule has 0 saturated carbocycles. The van der Waals surface area contributed by atoms with Crippen molar-refractivity contribution in [2.75, 3.05) is 57.8 Å². The van der Waals surface area contributed by atoms with Crippen LogP contribution in [0.4, 0.5) is 10.6 Å². The highest BCUT2D eigenvalue weighted by atomic mass is 16.6. The Hall–Kier alpha value is -3.86. The second-order valence-corrected chi connectivity index (χ2v) is 9.82. The van der Waals surface area contributed by atoms with E-state index >= 15 is 0 Å². The van der Waals surface area contributed by atoms with Gasteiger partial charge in [0.05, 0.1) is 25.1 Å². The topological polar surface area (TPSA) is 100 Å². The van der Waals surface area contributed by atoms with Crippen LogP contribution >= 0.6 is 0 Å². The minimum atomic E-state index is -0.404. The molecule has 2 aromatic heterocycles. The number of rotatable bonds is 7. The van der Waals surface area contributed by atoms with Crippen LogP contribution in [0.3, 0.4) is 0 Å². The smallest absolute Gasteiger partial charge is 0.409 e. The number of piperazine rings is 1. The van der Waals surface area contributed by atoms with Crippen LogP contribution in [-0.2, 0) is 17.8 Å². The zero-order valence-electron chi connectivity index (χ0n) is 22.2. The van der Waals surface area contributed by atoms with Crippen molar-refractivity contribution in [3.63, 3.8) is 0 Å². The molecule has 0 radical (unpaired) electrons. The first-order valence-corrected chi connectivity index (χ1v) is 13.3. The van der Waals surface area contributed by atoms with E-state index in [2.05, 4.69) is 25.1 Å². The average molecular weight is 531 g/mol. The molecule has 2 saturated heterocycles. The fourth-order valence-corrected chi connectivity index (χ4v) is 4.65. The van der Waals surface area contributed by atoms with E-state index in [1.807, 2.05) is 49.4 Å². The molecule has 2 amide bonds. The summed E-state index contributed by atoms with van der Waals surface area (Å²) in [6.45, 7) is 9.61. The van der Waals surface area contributed by atoms with Crippen molar-refractivity contribution in [1.82, 2.24) is 24.7 Å². The lowest BCUT2D eigenvalue weighted by molar-refractivity contribution is 0.0342. The Kier molecular flexibility index (Phi) is 8.77. The lowest BCUT2D eigenvalue weighted by Crippen LogP contribution is -2.49. The molecular formula is C29H34N6O4. The van der Waals surface area contributed by atoms with Gasteiger partial charge in [-0.3, -0.25) is 19.6 Å². The number of morpholine rings is 1. The van der Waals surface area contributed by atoms with Crippen LogP contribution < -0.4 is 10.1 Å². The molecule has 2 aliphatic rings. The van der Waals surface area contributed by atoms with Gasteiger partial charge in [-0.15, -0.1) is 0 Å². The van der Waals surface area contributed by atoms with E-state index in [9.17, 15) is 9.59 Å². The zero-order valence-corrected chi connectivity index (χ0v) is 22.2. The van der Waals surface area contributed by atoms with Gasteiger partial charge in [0, 0.05) is 63.6 Å². The van der Waals surface area contributed by atoms with Crippen molar-refractivity contribution in [1.29, 1.82) is 0 Å². The maximum Gasteiger partial charge on any atom is 0.415 e. The first-order valence-electron chi connectivity index (χ1n) is 13.3. The molecule has 1 aromatic carbocycles. The molecule has 204 valence electrons. The Labute approximate surface area is 228 Å². The normalized spacial score (nSPS) is 16.6. The maximum atomic E-state index is 12.7. The number of carbonyl (C=O) groups is 2. The quantitative estimate of drug-likeness (QED) is 0.497. The monoisotopic (exact) mass is 530 g/mol. The summed E-state index contributed by atoms with van der Waals surface area (Å²) in [6.07, 6.45) is 1.04. The summed E-state index contributed by atoms with van der Waals surface area (Å²) < 4.78 is 10.9. The summed E-state index contributed by atoms with van der Waals surface area (Å²) in [6, 6.07) is 16.9. The number of amides is 2. The van der Waals surface area contributed by atoms with Gasteiger partial charge in [0.15, 0.2) is 5.75 Å². The third-order valence-electron chi connectivity index (χ3n) is 6.87. The highest BCUT2D eigenvalue weighted by Crippen LogP contribution is 2.16. The molecule has 2 aliphatic heterocycles. The van der Waals surface area contributed by atoms with E-state index in [1.54, 1.807) is 17.0 Å². The number of nitrogens with one attached hydrogen (secondary N) is 1. The molecule has 2 fully saturated rings. The molecule has 39 heavy (non-hydrogen) atoms. The van der Waals surface area contributed by atoms with Crippen molar-refractivity contribution in [3.05, 3.63) is 83.3 Å². The van der Waals surface area contributed by atoms with Crippen LogP contribution in [-0.4, -0.2) is 89.2 Å². The third kappa shape index (κ3) is 7.60. The van der Waals surface area contributed by atoms with Gasteiger partial charge in [-0.05, 0) is 48.9 Å². The van der Waals surface area contributed by atoms with E-state index in [1.165, 1.54) is 6.20 Å². The lowest BCUT2D eigenvalue weighted by atomic mass is 10.1. The van der Waals surface area contributed by atoms with E-state index in [0.717, 1.165) is 69.4 Å². The standard InChI is InChI=1S/C29H34N6O4/c1-22-3-2-4-25(31-22)21-33-11-13-35(14-12-33)29(37)39-26-9-10-27(30-19-26)32-28(36)24-7-5-23(6-8-24)20-34-15-17-38-18-16-34/h2-10,19H,11-18,20-21H2,1H3,(H,30,32,36). The minimum Gasteiger partial charge on any atom is -0.409 e. The summed E-state index contributed by atoms with van der Waals surface area (Å²) in [5.74, 6) is 0.469. The van der Waals surface area contributed by atoms with Crippen LogP contribution in [0.1, 0.15) is 27.3 Å². The van der Waals surface area contributed by atoms with Gasteiger partial charge in [-0.2, -0.15) is 0 Å². The van der Waals surface area contributed by atoms with Gasteiger partial charge in [0.1, 0.15) is 5.82 Å². The summed E-state index contributed by atoms with van der Waals surface area (Å²) in [7, 11) is 0. The number of aryl methyl sites for hydroxylation is 1. The fourth-order valence-electron chi connectivity index (χ4n) is 4.65. The highest BCUT2D eigenvalue weighted by Gasteiger charge is 2.23. The van der Waals surface area contributed by atoms with Crippen molar-refractivity contribution in [3.8, 4) is 5.75 Å². The van der Waals surface area contributed by atoms with Crippen molar-refractivity contribution >= 4 is 17.8 Å². The summed E-state index contributed by atoms with van der Waals surface area (Å²) in [5, 5.41) is 2.79. The number of aromatic nitrogens is 2. The van der Waals surface area contributed by atoms with Crippen LogP contribution in [0.25, 0.3) is 0 Å². The summed E-state index contributed by atoms with van der Waals surface area (Å²) in [4.78, 5) is 40.4. The Morgan fingerprint density at radius 3 is 2.33 bits per heavy atom. The van der Waals surface area contributed by atoms with E-state index in [4.69, 9.17) is 9.47 Å². The average Bonchev–Trinajstić information content (AvgIpc) is 2.95. The first-order chi connectivity index (χ1) is 19.0. The molecule has 0 bridgehead atoms. The van der Waals surface area contributed by atoms with Crippen molar-refractivity contribution in [2.45, 2.75) is 20.0 Å². The molecule has 0 aliphatic carbocycles. The molecule has 0 unspecified atom stereocenters. The zero-order chi connectivity index (χ0) is 27.0. The predicted octanol–water partition coefficient (Wildman–Crippen LogP) is 3.19. The van der Waals surface area contributed by atoms with Gasteiger partial charge in [-0.25, -0.2) is 9.78 Å². The number of pyridine rings is 2. The molecule has 3 aromatic rings. The number of anilines is 1. The number of carbonyl (C=O) groups excluding carboxylic acids is 2. The van der Waals surface area contributed by atoms with Gasteiger partial charge >= 0.3 is 6.09 Å². The Balaban J connectivity index is 1.06. The van der Waals surface area contributed by atoms with Crippen LogP contribution in [0, 0.1) is 6.92 Å². The SMILES string of the molecule is Cc1cccc(CN2CCN(C(=O)Oc3ccc(NC(=O)c4ccc(CN5CCOCC5)cc4)nc3)CC2)n1. The van der Waals surface area contributed by atoms with Gasteiger partial charge in [0.2, 0.25) is 0 Å². The molecule has 0 spiro atoms. The number of hydrogen-bond acceptors (Lipinski definition) is 8. The number of nitrogens with zero attached hydrogens (tertiary/aromatic N) is 5. The predicted molar refractivity (Wildman–Crippen MR) is 147 cm³/mol. The maximum absolute atomic E-state index is 12.7. The molecular weight excluding hydrogens is 496 g/mol. The third-order valence-corrected chi connectivity index (χ3v) is 6.87. The second-order valence-electron chi connectivity index (χ2n) is 9.82. The lowest BCUT2D eigenvalue weighted by Gasteiger charge is -2.33. The Morgan fingerprint density at radius 2 is 1.64 bits per heavy atom. The molecule has 1 N–H and O–H groups in total. The van der Waals surface area contributed by atoms with Crippen LogP contribution in [0.15, 0.2) is 60.8 Å². The fraction of sp³-hybridized carbons (Fsp3) is 0.379. The van der Waals surface area contributed by atoms with E-state index in [0.29, 0.717) is 30.2 Å². The van der Waals surface area contributed by atoms with Crippen molar-refractivity contribution in [2.24, 2.45) is 0 Å². The molecule has 10 heteroatoms. The van der Waals surface area contributed by atoms with Crippen molar-refractivity contribution < 1.29 is 19.1 Å². The van der Waals surface area contributed by atoms with E-state index < -0.39 is 6.09 Å². The molecule has 4 heterocycles. The minimum absolute atomic E-state index is 0.246. The summed E-state index contributed by atoms with van der Waals surface area (Å²) in [5.41, 5.74) is 3.74. The van der Waals surface area contributed by atoms with Gasteiger partial charge < -0.3 is 19.7 Å². The van der Waals surface area contributed by atoms with Crippen LogP contribution in [0.5, 0.6) is 5.75 Å². The van der Waals surface area contributed by atoms with E-state index in [-0.39, 0.29) is 5.91 Å². The number of hydrogen-bond donors (Lipinski definition) is 1.